The van der Waals surface area contributed by atoms with Crippen LogP contribution in [0.2, 0.25) is 0 Å². The zero-order valence-electron chi connectivity index (χ0n) is 15.9. The Morgan fingerprint density at radius 3 is 2.93 bits per heavy atom. The van der Waals surface area contributed by atoms with Gasteiger partial charge in [0.05, 0.1) is 23.2 Å². The summed E-state index contributed by atoms with van der Waals surface area (Å²) in [5.41, 5.74) is 1.17. The quantitative estimate of drug-likeness (QED) is 0.858. The number of aromatic nitrogens is 2. The maximum Gasteiger partial charge on any atom is 0.264 e. The van der Waals surface area contributed by atoms with Crippen molar-refractivity contribution in [3.8, 4) is 0 Å². The molecule has 2 aromatic heterocycles. The molecular formula is C20H24N4O3S. The van der Waals surface area contributed by atoms with Crippen LogP contribution in [-0.4, -0.2) is 44.7 Å². The van der Waals surface area contributed by atoms with E-state index in [0.717, 1.165) is 19.3 Å². The normalized spacial score (nSPS) is 19.4. The Hall–Kier alpha value is -2.48. The van der Waals surface area contributed by atoms with E-state index in [1.54, 1.807) is 4.90 Å². The Kier molecular flexibility index (Phi) is 5.30. The SMILES string of the molecule is CCC(=O)N1CCCC[C@H]1c1nc2c(c(=O)[nH]1)CCN(C(=O)c1cccs1)C2. The van der Waals surface area contributed by atoms with E-state index in [9.17, 15) is 14.4 Å². The predicted octanol–water partition coefficient (Wildman–Crippen LogP) is 2.49. The number of amides is 2. The van der Waals surface area contributed by atoms with E-state index >= 15 is 0 Å². The Morgan fingerprint density at radius 1 is 1.32 bits per heavy atom. The number of nitrogens with one attached hydrogen (secondary N) is 1. The zero-order valence-corrected chi connectivity index (χ0v) is 16.8. The van der Waals surface area contributed by atoms with Crippen molar-refractivity contribution >= 4 is 23.2 Å². The van der Waals surface area contributed by atoms with Crippen molar-refractivity contribution in [3.05, 3.63) is 49.8 Å². The molecule has 1 fully saturated rings. The smallest absolute Gasteiger partial charge is 0.264 e. The second kappa shape index (κ2) is 7.87. The summed E-state index contributed by atoms with van der Waals surface area (Å²) in [5.74, 6) is 0.611. The average molecular weight is 401 g/mol. The fourth-order valence-corrected chi connectivity index (χ4v) is 4.75. The Labute approximate surface area is 167 Å². The summed E-state index contributed by atoms with van der Waals surface area (Å²) >= 11 is 1.42. The molecule has 0 spiro atoms. The number of rotatable bonds is 3. The molecule has 148 valence electrons. The van der Waals surface area contributed by atoms with E-state index < -0.39 is 0 Å². The molecule has 2 aliphatic heterocycles. The number of hydrogen-bond acceptors (Lipinski definition) is 5. The van der Waals surface area contributed by atoms with Gasteiger partial charge in [0, 0.05) is 25.1 Å². The first-order chi connectivity index (χ1) is 13.6. The third kappa shape index (κ3) is 3.48. The lowest BCUT2D eigenvalue weighted by Gasteiger charge is -2.35. The van der Waals surface area contributed by atoms with Gasteiger partial charge in [0.15, 0.2) is 0 Å². The molecule has 7 nitrogen and oxygen atoms in total. The van der Waals surface area contributed by atoms with E-state index in [1.165, 1.54) is 11.3 Å². The number of fused-ring (bicyclic) bond motifs is 1. The van der Waals surface area contributed by atoms with Crippen LogP contribution in [0, 0.1) is 0 Å². The summed E-state index contributed by atoms with van der Waals surface area (Å²) in [6.45, 7) is 3.39. The van der Waals surface area contributed by atoms with Crippen molar-refractivity contribution in [2.75, 3.05) is 13.1 Å². The minimum atomic E-state index is -0.192. The van der Waals surface area contributed by atoms with Gasteiger partial charge in [0.2, 0.25) is 5.91 Å². The van der Waals surface area contributed by atoms with Gasteiger partial charge in [-0.25, -0.2) is 4.98 Å². The van der Waals surface area contributed by atoms with Crippen LogP contribution in [0.4, 0.5) is 0 Å². The highest BCUT2D eigenvalue weighted by Gasteiger charge is 2.31. The van der Waals surface area contributed by atoms with Gasteiger partial charge in [-0.3, -0.25) is 14.4 Å². The maximum atomic E-state index is 12.7. The number of likely N-dealkylation sites (tertiary alicyclic amines) is 1. The summed E-state index contributed by atoms with van der Waals surface area (Å²) in [5, 5.41) is 1.88. The molecule has 1 saturated heterocycles. The number of carbonyl (C=O) groups is 2. The molecule has 0 aliphatic carbocycles. The first-order valence-corrected chi connectivity index (χ1v) is 10.7. The van der Waals surface area contributed by atoms with Gasteiger partial charge in [0.1, 0.15) is 5.82 Å². The van der Waals surface area contributed by atoms with Crippen LogP contribution in [0.1, 0.15) is 65.4 Å². The standard InChI is InChI=1S/C20H24N4O3S/c1-2-17(25)24-9-4-3-6-15(24)18-21-14-12-23(10-8-13(14)19(26)22-18)20(27)16-7-5-11-28-16/h5,7,11,15H,2-4,6,8-10,12H2,1H3,(H,21,22,26)/t15-/m0/s1. The lowest BCUT2D eigenvalue weighted by molar-refractivity contribution is -0.134. The van der Waals surface area contributed by atoms with Crippen molar-refractivity contribution in [1.29, 1.82) is 0 Å². The molecule has 4 rings (SSSR count). The first kappa shape index (κ1) is 18.9. The van der Waals surface area contributed by atoms with Gasteiger partial charge in [-0.05, 0) is 37.1 Å². The lowest BCUT2D eigenvalue weighted by Crippen LogP contribution is -2.42. The molecule has 0 saturated carbocycles. The van der Waals surface area contributed by atoms with Crippen LogP contribution in [0.15, 0.2) is 22.3 Å². The Bertz CT molecular complexity index is 937. The van der Waals surface area contributed by atoms with Crippen molar-refractivity contribution in [1.82, 2.24) is 19.8 Å². The van der Waals surface area contributed by atoms with Crippen LogP contribution in [0.3, 0.4) is 0 Å². The molecule has 0 radical (unpaired) electrons. The van der Waals surface area contributed by atoms with Gasteiger partial charge in [-0.2, -0.15) is 0 Å². The number of piperidine rings is 1. The molecular weight excluding hydrogens is 376 g/mol. The molecule has 1 N–H and O–H groups in total. The Morgan fingerprint density at radius 2 is 2.18 bits per heavy atom. The Balaban J connectivity index is 1.63. The van der Waals surface area contributed by atoms with Crippen LogP contribution in [-0.2, 0) is 17.8 Å². The summed E-state index contributed by atoms with van der Waals surface area (Å²) in [7, 11) is 0. The van der Waals surface area contributed by atoms with Crippen LogP contribution in [0.25, 0.3) is 0 Å². The second-order valence-electron chi connectivity index (χ2n) is 7.28. The molecule has 8 heteroatoms. The van der Waals surface area contributed by atoms with Crippen LogP contribution in [0.5, 0.6) is 0 Å². The maximum absolute atomic E-state index is 12.7. The van der Waals surface area contributed by atoms with E-state index in [2.05, 4.69) is 4.98 Å². The van der Waals surface area contributed by atoms with Crippen molar-refractivity contribution in [2.24, 2.45) is 0 Å². The number of carbonyl (C=O) groups excluding carboxylic acids is 2. The predicted molar refractivity (Wildman–Crippen MR) is 106 cm³/mol. The van der Waals surface area contributed by atoms with Gasteiger partial charge in [-0.1, -0.05) is 13.0 Å². The van der Waals surface area contributed by atoms with E-state index in [-0.39, 0.29) is 23.4 Å². The lowest BCUT2D eigenvalue weighted by atomic mass is 10.00. The molecule has 0 unspecified atom stereocenters. The second-order valence-corrected chi connectivity index (χ2v) is 8.23. The summed E-state index contributed by atoms with van der Waals surface area (Å²) in [6, 6.07) is 3.48. The highest BCUT2D eigenvalue weighted by Crippen LogP contribution is 2.30. The highest BCUT2D eigenvalue weighted by molar-refractivity contribution is 7.12. The molecule has 4 heterocycles. The van der Waals surface area contributed by atoms with E-state index in [1.807, 2.05) is 29.3 Å². The van der Waals surface area contributed by atoms with Crippen LogP contribution < -0.4 is 5.56 Å². The van der Waals surface area contributed by atoms with E-state index in [4.69, 9.17) is 4.98 Å². The third-order valence-corrected chi connectivity index (χ3v) is 6.41. The summed E-state index contributed by atoms with van der Waals surface area (Å²) in [6.07, 6.45) is 3.71. The number of hydrogen-bond donors (Lipinski definition) is 1. The first-order valence-electron chi connectivity index (χ1n) is 9.82. The zero-order chi connectivity index (χ0) is 19.7. The monoisotopic (exact) mass is 400 g/mol. The minimum absolute atomic E-state index is 0.0234. The van der Waals surface area contributed by atoms with Crippen LogP contribution >= 0.6 is 11.3 Å². The van der Waals surface area contributed by atoms with Gasteiger partial charge in [-0.15, -0.1) is 11.3 Å². The molecule has 0 bridgehead atoms. The van der Waals surface area contributed by atoms with Gasteiger partial charge < -0.3 is 14.8 Å². The van der Waals surface area contributed by atoms with Gasteiger partial charge in [0.25, 0.3) is 11.5 Å². The van der Waals surface area contributed by atoms with E-state index in [0.29, 0.717) is 54.4 Å². The van der Waals surface area contributed by atoms with Crippen molar-refractivity contribution in [2.45, 2.75) is 51.6 Å². The topological polar surface area (TPSA) is 86.4 Å². The van der Waals surface area contributed by atoms with Gasteiger partial charge >= 0.3 is 0 Å². The highest BCUT2D eigenvalue weighted by atomic mass is 32.1. The molecule has 0 aromatic carbocycles. The molecule has 1 atom stereocenters. The minimum Gasteiger partial charge on any atom is -0.333 e. The number of nitrogens with zero attached hydrogens (tertiary/aromatic N) is 3. The number of aromatic amines is 1. The average Bonchev–Trinajstić information content (AvgIpc) is 3.27. The fourth-order valence-electron chi connectivity index (χ4n) is 4.06. The number of H-pyrrole nitrogens is 1. The number of thiophene rings is 1. The summed E-state index contributed by atoms with van der Waals surface area (Å²) in [4.78, 5) is 49.7. The largest absolute Gasteiger partial charge is 0.333 e. The van der Waals surface area contributed by atoms with Crippen molar-refractivity contribution < 1.29 is 9.59 Å². The molecule has 2 aromatic rings. The molecule has 2 amide bonds. The fraction of sp³-hybridized carbons (Fsp3) is 0.500. The molecule has 28 heavy (non-hydrogen) atoms. The third-order valence-electron chi connectivity index (χ3n) is 5.55. The summed E-state index contributed by atoms with van der Waals surface area (Å²) < 4.78 is 0. The molecule has 2 aliphatic rings. The van der Waals surface area contributed by atoms with Crippen molar-refractivity contribution in [3.63, 3.8) is 0 Å².